The summed E-state index contributed by atoms with van der Waals surface area (Å²) in [6, 6.07) is 10.4. The molecule has 2 rings (SSSR count). The molecule has 0 saturated carbocycles. The van der Waals surface area contributed by atoms with E-state index in [1.807, 2.05) is 6.07 Å². The van der Waals surface area contributed by atoms with Gasteiger partial charge < -0.3 is 5.32 Å². The number of anilines is 1. The quantitative estimate of drug-likeness (QED) is 0.883. The van der Waals surface area contributed by atoms with E-state index in [-0.39, 0.29) is 0 Å². The van der Waals surface area contributed by atoms with Crippen LogP contribution in [0, 0.1) is 0 Å². The van der Waals surface area contributed by atoms with Gasteiger partial charge in [0.2, 0.25) is 0 Å². The van der Waals surface area contributed by atoms with Crippen LogP contribution in [0.4, 0.5) is 5.82 Å². The molecule has 0 radical (unpaired) electrons. The number of pyridine rings is 1. The largest absolute Gasteiger partial charge is 0.365 e. The maximum absolute atomic E-state index is 5.85. The Hall–Kier alpha value is -1.06. The summed E-state index contributed by atoms with van der Waals surface area (Å²) in [7, 11) is 0. The zero-order valence-electron chi connectivity index (χ0n) is 10.1. The van der Waals surface area contributed by atoms with Gasteiger partial charge in [-0.15, -0.1) is 0 Å². The van der Waals surface area contributed by atoms with E-state index in [0.29, 0.717) is 5.02 Å². The van der Waals surface area contributed by atoms with Crippen LogP contribution in [0.5, 0.6) is 0 Å². The van der Waals surface area contributed by atoms with Crippen LogP contribution in [0.25, 0.3) is 0 Å². The molecule has 1 N–H and O–H groups in total. The predicted octanol–water partition coefficient (Wildman–Crippen LogP) is 4.67. The first-order valence-electron chi connectivity index (χ1n) is 5.81. The van der Waals surface area contributed by atoms with Gasteiger partial charge in [0.05, 0.1) is 9.50 Å². The molecule has 0 aliphatic heterocycles. The van der Waals surface area contributed by atoms with E-state index >= 15 is 0 Å². The summed E-state index contributed by atoms with van der Waals surface area (Å²) < 4.78 is 0.875. The Balaban J connectivity index is 2.02. The van der Waals surface area contributed by atoms with Gasteiger partial charge in [0.15, 0.2) is 0 Å². The summed E-state index contributed by atoms with van der Waals surface area (Å²) in [6.45, 7) is 2.90. The molecule has 0 amide bonds. The predicted molar refractivity (Wildman–Crippen MR) is 80.1 cm³/mol. The molecule has 2 aromatic rings. The lowest BCUT2D eigenvalue weighted by Gasteiger charge is -2.08. The van der Waals surface area contributed by atoms with E-state index in [1.54, 1.807) is 6.20 Å². The summed E-state index contributed by atoms with van der Waals surface area (Å²) in [5.41, 5.74) is 2.58. The van der Waals surface area contributed by atoms with Crippen molar-refractivity contribution in [3.63, 3.8) is 0 Å². The molecule has 0 saturated heterocycles. The number of hydrogen-bond donors (Lipinski definition) is 1. The van der Waals surface area contributed by atoms with Crippen LogP contribution < -0.4 is 5.32 Å². The van der Waals surface area contributed by atoms with Gasteiger partial charge in [-0.1, -0.05) is 42.8 Å². The lowest BCUT2D eigenvalue weighted by Crippen LogP contribution is -2.02. The molecule has 0 spiro atoms. The minimum Gasteiger partial charge on any atom is -0.365 e. The van der Waals surface area contributed by atoms with Crippen molar-refractivity contribution in [1.29, 1.82) is 0 Å². The zero-order valence-corrected chi connectivity index (χ0v) is 12.4. The molecule has 1 aromatic heterocycles. The molecule has 1 aromatic carbocycles. The molecular formula is C14H14BrClN2. The molecule has 0 atom stereocenters. The SMILES string of the molecule is CCc1ccc(CNc2ncc(Cl)cc2Br)cc1. The fourth-order valence-corrected chi connectivity index (χ4v) is 2.40. The molecule has 4 heteroatoms. The second-order valence-corrected chi connectivity index (χ2v) is 5.30. The Morgan fingerprint density at radius 2 is 1.89 bits per heavy atom. The molecule has 18 heavy (non-hydrogen) atoms. The molecule has 0 aliphatic carbocycles. The first kappa shape index (κ1) is 13.4. The zero-order chi connectivity index (χ0) is 13.0. The van der Waals surface area contributed by atoms with Gasteiger partial charge in [0.1, 0.15) is 5.82 Å². The van der Waals surface area contributed by atoms with Gasteiger partial charge in [-0.05, 0) is 39.5 Å². The molecule has 0 fully saturated rings. The third kappa shape index (κ3) is 3.47. The van der Waals surface area contributed by atoms with Crippen molar-refractivity contribution in [2.45, 2.75) is 19.9 Å². The molecule has 0 bridgehead atoms. The number of halogens is 2. The van der Waals surface area contributed by atoms with Gasteiger partial charge in [-0.2, -0.15) is 0 Å². The van der Waals surface area contributed by atoms with Crippen molar-refractivity contribution < 1.29 is 0 Å². The fraction of sp³-hybridized carbons (Fsp3) is 0.214. The summed E-state index contributed by atoms with van der Waals surface area (Å²) in [5.74, 6) is 0.805. The first-order chi connectivity index (χ1) is 8.69. The van der Waals surface area contributed by atoms with Crippen molar-refractivity contribution >= 4 is 33.3 Å². The first-order valence-corrected chi connectivity index (χ1v) is 6.99. The third-order valence-electron chi connectivity index (χ3n) is 2.70. The number of aryl methyl sites for hydroxylation is 1. The average Bonchev–Trinajstić information content (AvgIpc) is 2.38. The van der Waals surface area contributed by atoms with Gasteiger partial charge in [0.25, 0.3) is 0 Å². The van der Waals surface area contributed by atoms with Crippen LogP contribution in [0.1, 0.15) is 18.1 Å². The van der Waals surface area contributed by atoms with Crippen LogP contribution in [0.3, 0.4) is 0 Å². The second kappa shape index (κ2) is 6.21. The van der Waals surface area contributed by atoms with Crippen molar-refractivity contribution in [2.24, 2.45) is 0 Å². The lowest BCUT2D eigenvalue weighted by atomic mass is 10.1. The van der Waals surface area contributed by atoms with E-state index < -0.39 is 0 Å². The van der Waals surface area contributed by atoms with Gasteiger partial charge in [0, 0.05) is 12.7 Å². The average molecular weight is 326 g/mol. The third-order valence-corrected chi connectivity index (χ3v) is 3.51. The maximum Gasteiger partial charge on any atom is 0.140 e. The van der Waals surface area contributed by atoms with Gasteiger partial charge in [-0.3, -0.25) is 0 Å². The second-order valence-electron chi connectivity index (χ2n) is 4.01. The Morgan fingerprint density at radius 1 is 1.22 bits per heavy atom. The maximum atomic E-state index is 5.85. The van der Waals surface area contributed by atoms with Crippen molar-refractivity contribution in [3.05, 3.63) is 57.2 Å². The van der Waals surface area contributed by atoms with E-state index in [1.165, 1.54) is 11.1 Å². The highest BCUT2D eigenvalue weighted by Gasteiger charge is 2.02. The van der Waals surface area contributed by atoms with Gasteiger partial charge >= 0.3 is 0 Å². The van der Waals surface area contributed by atoms with Crippen LogP contribution in [-0.2, 0) is 13.0 Å². The summed E-state index contributed by atoms with van der Waals surface area (Å²) in [5, 5.41) is 3.90. The standard InChI is InChI=1S/C14H14BrClN2/c1-2-10-3-5-11(6-4-10)8-17-14-13(15)7-12(16)9-18-14/h3-7,9H,2,8H2,1H3,(H,17,18). The molecule has 2 nitrogen and oxygen atoms in total. The highest BCUT2D eigenvalue weighted by atomic mass is 79.9. The van der Waals surface area contributed by atoms with Crippen LogP contribution >= 0.6 is 27.5 Å². The molecule has 1 heterocycles. The Labute approximate surface area is 121 Å². The highest BCUT2D eigenvalue weighted by Crippen LogP contribution is 2.23. The monoisotopic (exact) mass is 324 g/mol. The number of aromatic nitrogens is 1. The number of nitrogens with one attached hydrogen (secondary N) is 1. The van der Waals surface area contributed by atoms with E-state index in [2.05, 4.69) is 57.4 Å². The molecule has 0 unspecified atom stereocenters. The topological polar surface area (TPSA) is 24.9 Å². The minimum atomic E-state index is 0.625. The van der Waals surface area contributed by atoms with E-state index in [9.17, 15) is 0 Å². The smallest absolute Gasteiger partial charge is 0.140 e. The molecule has 0 aliphatic rings. The molecular weight excluding hydrogens is 312 g/mol. The Kier molecular flexibility index (Phi) is 4.61. The Morgan fingerprint density at radius 3 is 2.50 bits per heavy atom. The van der Waals surface area contributed by atoms with E-state index in [0.717, 1.165) is 23.3 Å². The minimum absolute atomic E-state index is 0.625. The Bertz CT molecular complexity index is 526. The van der Waals surface area contributed by atoms with Crippen molar-refractivity contribution in [2.75, 3.05) is 5.32 Å². The summed E-state index contributed by atoms with van der Waals surface area (Å²) in [4.78, 5) is 4.24. The van der Waals surface area contributed by atoms with Crippen LogP contribution in [0.2, 0.25) is 5.02 Å². The lowest BCUT2D eigenvalue weighted by molar-refractivity contribution is 1.09. The van der Waals surface area contributed by atoms with Crippen LogP contribution in [0.15, 0.2) is 41.0 Å². The number of nitrogens with zero attached hydrogens (tertiary/aromatic N) is 1. The number of benzene rings is 1. The van der Waals surface area contributed by atoms with Gasteiger partial charge in [-0.25, -0.2) is 4.98 Å². The number of hydrogen-bond acceptors (Lipinski definition) is 2. The normalized spacial score (nSPS) is 10.4. The van der Waals surface area contributed by atoms with Crippen molar-refractivity contribution in [1.82, 2.24) is 4.98 Å². The van der Waals surface area contributed by atoms with Crippen molar-refractivity contribution in [3.8, 4) is 0 Å². The highest BCUT2D eigenvalue weighted by molar-refractivity contribution is 9.10. The number of rotatable bonds is 4. The van der Waals surface area contributed by atoms with Crippen LogP contribution in [-0.4, -0.2) is 4.98 Å². The summed E-state index contributed by atoms with van der Waals surface area (Å²) >= 11 is 9.28. The van der Waals surface area contributed by atoms with E-state index in [4.69, 9.17) is 11.6 Å². The summed E-state index contributed by atoms with van der Waals surface area (Å²) in [6.07, 6.45) is 2.70. The fourth-order valence-electron chi connectivity index (χ4n) is 1.62. The molecule has 94 valence electrons.